The lowest BCUT2D eigenvalue weighted by Crippen LogP contribution is -2.53. The van der Waals surface area contributed by atoms with Gasteiger partial charge in [-0.25, -0.2) is 12.8 Å². The number of carbonyl (C=O) groups excluding carboxylic acids is 2. The van der Waals surface area contributed by atoms with Crippen LogP contribution in [0.5, 0.6) is 0 Å². The molecule has 45 heavy (non-hydrogen) atoms. The summed E-state index contributed by atoms with van der Waals surface area (Å²) in [4.78, 5) is 29.5. The van der Waals surface area contributed by atoms with E-state index >= 15 is 4.39 Å². The largest absolute Gasteiger partial charge is 0.354 e. The third-order valence-electron chi connectivity index (χ3n) is 7.50. The van der Waals surface area contributed by atoms with Gasteiger partial charge in [0.15, 0.2) is 0 Å². The smallest absolute Gasteiger partial charge is 0.264 e. The van der Waals surface area contributed by atoms with E-state index in [-0.39, 0.29) is 23.4 Å². The number of benzene rings is 4. The van der Waals surface area contributed by atoms with Crippen LogP contribution in [-0.2, 0) is 32.6 Å². The number of nitrogens with zero attached hydrogens (tertiary/aromatic N) is 2. The molecule has 0 heterocycles. The molecule has 1 N–H and O–H groups in total. The molecule has 0 unspecified atom stereocenters. The van der Waals surface area contributed by atoms with Crippen molar-refractivity contribution in [3.05, 3.63) is 131 Å². The summed E-state index contributed by atoms with van der Waals surface area (Å²) in [7, 11) is -4.22. The van der Waals surface area contributed by atoms with Crippen molar-refractivity contribution < 1.29 is 22.4 Å². The number of hydrogen-bond acceptors (Lipinski definition) is 4. The number of anilines is 1. The molecule has 0 bridgehead atoms. The van der Waals surface area contributed by atoms with E-state index in [1.165, 1.54) is 23.1 Å². The van der Waals surface area contributed by atoms with Crippen molar-refractivity contribution in [3.63, 3.8) is 0 Å². The Labute approximate surface area is 265 Å². The number of sulfonamides is 1. The van der Waals surface area contributed by atoms with Crippen LogP contribution < -0.4 is 9.62 Å². The van der Waals surface area contributed by atoms with Gasteiger partial charge in [0.25, 0.3) is 10.0 Å². The van der Waals surface area contributed by atoms with Crippen LogP contribution in [-0.4, -0.2) is 44.3 Å². The number of rotatable bonds is 13. The summed E-state index contributed by atoms with van der Waals surface area (Å²) >= 11 is 0. The van der Waals surface area contributed by atoms with Crippen molar-refractivity contribution in [2.45, 2.75) is 58.0 Å². The molecule has 0 spiro atoms. The summed E-state index contributed by atoms with van der Waals surface area (Å²) in [5.41, 5.74) is 3.88. The molecule has 9 heteroatoms. The van der Waals surface area contributed by atoms with Gasteiger partial charge in [0.1, 0.15) is 18.4 Å². The minimum atomic E-state index is -4.22. The SMILES string of the molecule is CCCNC(=O)[C@@H](Cc1ccccc1)N(Cc1ccccc1F)C(=O)CN(c1cc(C)cc(C)c1)S(=O)(=O)c1ccc(C)cc1. The summed E-state index contributed by atoms with van der Waals surface area (Å²) < 4.78 is 44.5. The van der Waals surface area contributed by atoms with Crippen LogP contribution in [0.25, 0.3) is 0 Å². The minimum Gasteiger partial charge on any atom is -0.354 e. The summed E-state index contributed by atoms with van der Waals surface area (Å²) in [6.07, 6.45) is 0.838. The van der Waals surface area contributed by atoms with Gasteiger partial charge < -0.3 is 10.2 Å². The van der Waals surface area contributed by atoms with Crippen molar-refractivity contribution >= 4 is 27.5 Å². The Balaban J connectivity index is 1.83. The lowest BCUT2D eigenvalue weighted by Gasteiger charge is -2.34. The molecule has 1 atom stereocenters. The van der Waals surface area contributed by atoms with Crippen LogP contribution in [0, 0.1) is 26.6 Å². The Morgan fingerprint density at radius 1 is 0.822 bits per heavy atom. The Hall–Kier alpha value is -4.50. The highest BCUT2D eigenvalue weighted by atomic mass is 32.2. The maximum absolute atomic E-state index is 15.0. The predicted octanol–water partition coefficient (Wildman–Crippen LogP) is 6.11. The Morgan fingerprint density at radius 3 is 2.07 bits per heavy atom. The first-order valence-electron chi connectivity index (χ1n) is 15.0. The van der Waals surface area contributed by atoms with Crippen LogP contribution in [0.2, 0.25) is 0 Å². The van der Waals surface area contributed by atoms with Gasteiger partial charge in [0, 0.05) is 25.1 Å². The standard InChI is InChI=1S/C36H40FN3O4S/c1-5-19-38-36(42)34(23-29-11-7-6-8-12-29)39(24-30-13-9-10-14-33(30)37)35(41)25-40(31-21-27(3)20-28(4)22-31)45(43,44)32-17-15-26(2)16-18-32/h6-18,20-22,34H,5,19,23-25H2,1-4H3,(H,38,42)/t34-/m1/s1. The van der Waals surface area contributed by atoms with Crippen molar-refractivity contribution in [2.75, 3.05) is 17.4 Å². The van der Waals surface area contributed by atoms with Gasteiger partial charge in [-0.1, -0.05) is 79.2 Å². The van der Waals surface area contributed by atoms with Crippen LogP contribution in [0.3, 0.4) is 0 Å². The molecule has 4 aromatic rings. The third kappa shape index (κ3) is 8.57. The molecule has 0 saturated carbocycles. The summed E-state index contributed by atoms with van der Waals surface area (Å²) in [6, 6.07) is 26.1. The average Bonchev–Trinajstić information content (AvgIpc) is 3.01. The molecule has 0 aliphatic rings. The molecule has 4 rings (SSSR count). The highest BCUT2D eigenvalue weighted by Crippen LogP contribution is 2.27. The Kier molecular flexibility index (Phi) is 11.1. The molecule has 2 amide bonds. The highest BCUT2D eigenvalue weighted by Gasteiger charge is 2.35. The van der Waals surface area contributed by atoms with Gasteiger partial charge >= 0.3 is 0 Å². The van der Waals surface area contributed by atoms with E-state index < -0.39 is 40.2 Å². The molecule has 236 valence electrons. The van der Waals surface area contributed by atoms with E-state index in [9.17, 15) is 18.0 Å². The van der Waals surface area contributed by atoms with E-state index in [1.807, 2.05) is 64.1 Å². The van der Waals surface area contributed by atoms with E-state index in [2.05, 4.69) is 5.32 Å². The third-order valence-corrected chi connectivity index (χ3v) is 9.29. The molecule has 0 aromatic heterocycles. The maximum Gasteiger partial charge on any atom is 0.264 e. The highest BCUT2D eigenvalue weighted by molar-refractivity contribution is 7.92. The van der Waals surface area contributed by atoms with Crippen LogP contribution in [0.1, 0.15) is 41.2 Å². The van der Waals surface area contributed by atoms with Crippen LogP contribution in [0.15, 0.2) is 102 Å². The number of hydrogen-bond donors (Lipinski definition) is 1. The average molecular weight is 630 g/mol. The molecular weight excluding hydrogens is 589 g/mol. The van der Waals surface area contributed by atoms with Gasteiger partial charge in [0.05, 0.1) is 10.6 Å². The molecule has 4 aromatic carbocycles. The summed E-state index contributed by atoms with van der Waals surface area (Å²) in [5.74, 6) is -1.56. The fourth-order valence-corrected chi connectivity index (χ4v) is 6.59. The summed E-state index contributed by atoms with van der Waals surface area (Å²) in [6.45, 7) is 7.06. The first-order valence-corrected chi connectivity index (χ1v) is 16.5. The molecule has 0 radical (unpaired) electrons. The van der Waals surface area contributed by atoms with E-state index in [1.54, 1.807) is 42.5 Å². The second-order valence-corrected chi connectivity index (χ2v) is 13.1. The first-order chi connectivity index (χ1) is 21.5. The zero-order chi connectivity index (χ0) is 32.6. The van der Waals surface area contributed by atoms with Gasteiger partial charge in [-0.15, -0.1) is 0 Å². The van der Waals surface area contributed by atoms with Crippen molar-refractivity contribution in [2.24, 2.45) is 0 Å². The number of amides is 2. The first kappa shape index (κ1) is 33.4. The number of aryl methyl sites for hydroxylation is 3. The molecule has 0 aliphatic heterocycles. The van der Waals surface area contributed by atoms with Crippen LogP contribution in [0.4, 0.5) is 10.1 Å². The lowest BCUT2D eigenvalue weighted by molar-refractivity contribution is -0.140. The monoisotopic (exact) mass is 629 g/mol. The maximum atomic E-state index is 15.0. The summed E-state index contributed by atoms with van der Waals surface area (Å²) in [5, 5.41) is 2.89. The Bertz CT molecular complexity index is 1710. The van der Waals surface area contributed by atoms with Crippen molar-refractivity contribution in [3.8, 4) is 0 Å². The van der Waals surface area contributed by atoms with E-state index in [0.717, 1.165) is 26.6 Å². The number of carbonyl (C=O) groups is 2. The zero-order valence-corrected chi connectivity index (χ0v) is 27.0. The second-order valence-electron chi connectivity index (χ2n) is 11.3. The quantitative estimate of drug-likeness (QED) is 0.193. The fourth-order valence-electron chi connectivity index (χ4n) is 5.19. The van der Waals surface area contributed by atoms with Gasteiger partial charge in [-0.05, 0) is 74.2 Å². The predicted molar refractivity (Wildman–Crippen MR) is 176 cm³/mol. The van der Waals surface area contributed by atoms with Gasteiger partial charge in [-0.3, -0.25) is 13.9 Å². The van der Waals surface area contributed by atoms with Crippen molar-refractivity contribution in [1.82, 2.24) is 10.2 Å². The fraction of sp³-hybridized carbons (Fsp3) is 0.278. The molecular formula is C36H40FN3O4S. The van der Waals surface area contributed by atoms with Crippen molar-refractivity contribution in [1.29, 1.82) is 0 Å². The van der Waals surface area contributed by atoms with Crippen LogP contribution >= 0.6 is 0 Å². The second kappa shape index (κ2) is 15.0. The molecule has 0 aliphatic carbocycles. The van der Waals surface area contributed by atoms with E-state index in [4.69, 9.17) is 0 Å². The molecule has 0 saturated heterocycles. The molecule has 0 fully saturated rings. The minimum absolute atomic E-state index is 0.0298. The lowest BCUT2D eigenvalue weighted by atomic mass is 10.0. The topological polar surface area (TPSA) is 86.8 Å². The zero-order valence-electron chi connectivity index (χ0n) is 26.2. The molecule has 7 nitrogen and oxygen atoms in total. The van der Waals surface area contributed by atoms with Gasteiger partial charge in [-0.2, -0.15) is 0 Å². The number of halogens is 1. The van der Waals surface area contributed by atoms with E-state index in [0.29, 0.717) is 18.7 Å². The normalized spacial score (nSPS) is 11.9. The Morgan fingerprint density at radius 2 is 1.44 bits per heavy atom. The number of nitrogens with one attached hydrogen (secondary N) is 1. The van der Waals surface area contributed by atoms with Gasteiger partial charge in [0.2, 0.25) is 11.8 Å².